The molecule has 1 aliphatic heterocycles. The molecule has 0 spiro atoms. The molecule has 1 saturated heterocycles. The molecule has 0 aromatic rings. The molecule has 4 atom stereocenters. The summed E-state index contributed by atoms with van der Waals surface area (Å²) >= 11 is 0. The van der Waals surface area contributed by atoms with Crippen molar-refractivity contribution in [3.8, 4) is 0 Å². The average molecular weight is 360 g/mol. The number of nitrogens with zero attached hydrogens (tertiary/aromatic N) is 1. The number of amides is 1. The number of piperidine rings is 1. The molecule has 6 nitrogen and oxygen atoms in total. The van der Waals surface area contributed by atoms with Crippen molar-refractivity contribution in [1.82, 2.24) is 14.9 Å². The Kier molecular flexibility index (Phi) is 6.67. The molecule has 7 heteroatoms. The Hall–Kier alpha value is -0.660. The maximum Gasteiger partial charge on any atom is 0.237 e. The standard InChI is InChI=1S/C17H33N3O3S/c1-12-6-5-7-16(13(12)2)18-17(21)14(3)20-10-8-15(9-11-20)19-24(4,22)23/h12-16,19H,5-11H2,1-4H3,(H,18,21). The van der Waals surface area contributed by atoms with Gasteiger partial charge in [0.05, 0.1) is 12.3 Å². The molecule has 2 fully saturated rings. The van der Waals surface area contributed by atoms with E-state index in [-0.39, 0.29) is 24.0 Å². The molecular formula is C17H33N3O3S. The maximum absolute atomic E-state index is 12.6. The van der Waals surface area contributed by atoms with Gasteiger partial charge in [-0.2, -0.15) is 0 Å². The highest BCUT2D eigenvalue weighted by Crippen LogP contribution is 2.29. The number of nitrogens with one attached hydrogen (secondary N) is 2. The van der Waals surface area contributed by atoms with Crippen LogP contribution in [-0.4, -0.2) is 56.7 Å². The van der Waals surface area contributed by atoms with Gasteiger partial charge in [0.25, 0.3) is 0 Å². The van der Waals surface area contributed by atoms with Gasteiger partial charge in [0.15, 0.2) is 0 Å². The third-order valence-corrected chi connectivity index (χ3v) is 6.63. The molecular weight excluding hydrogens is 326 g/mol. The summed E-state index contributed by atoms with van der Waals surface area (Å²) in [6.45, 7) is 7.96. The zero-order chi connectivity index (χ0) is 17.9. The van der Waals surface area contributed by atoms with E-state index in [9.17, 15) is 13.2 Å². The molecule has 0 aromatic carbocycles. The lowest BCUT2D eigenvalue weighted by Gasteiger charge is -2.38. The van der Waals surface area contributed by atoms with E-state index in [1.807, 2.05) is 6.92 Å². The second kappa shape index (κ2) is 8.15. The number of hydrogen-bond acceptors (Lipinski definition) is 4. The van der Waals surface area contributed by atoms with Crippen molar-refractivity contribution in [2.75, 3.05) is 19.3 Å². The Morgan fingerprint density at radius 1 is 1.12 bits per heavy atom. The van der Waals surface area contributed by atoms with Gasteiger partial charge in [-0.05, 0) is 38.0 Å². The minimum Gasteiger partial charge on any atom is -0.352 e. The van der Waals surface area contributed by atoms with Crippen LogP contribution in [0.15, 0.2) is 0 Å². The molecule has 0 aromatic heterocycles. The Balaban J connectivity index is 1.81. The van der Waals surface area contributed by atoms with E-state index >= 15 is 0 Å². The summed E-state index contributed by atoms with van der Waals surface area (Å²) in [7, 11) is -3.16. The fourth-order valence-electron chi connectivity index (χ4n) is 3.96. The zero-order valence-corrected chi connectivity index (χ0v) is 16.2. The van der Waals surface area contributed by atoms with Crippen molar-refractivity contribution in [2.45, 2.75) is 71.0 Å². The lowest BCUT2D eigenvalue weighted by molar-refractivity contribution is -0.127. The highest BCUT2D eigenvalue weighted by atomic mass is 32.2. The van der Waals surface area contributed by atoms with E-state index < -0.39 is 10.0 Å². The van der Waals surface area contributed by atoms with Crippen LogP contribution in [0.25, 0.3) is 0 Å². The SMILES string of the molecule is CC1CCCC(NC(=O)C(C)N2CCC(NS(C)(=O)=O)CC2)C1C. The van der Waals surface area contributed by atoms with Gasteiger partial charge >= 0.3 is 0 Å². The van der Waals surface area contributed by atoms with Crippen molar-refractivity contribution >= 4 is 15.9 Å². The van der Waals surface area contributed by atoms with Crippen LogP contribution in [0.5, 0.6) is 0 Å². The highest BCUT2D eigenvalue weighted by molar-refractivity contribution is 7.88. The van der Waals surface area contributed by atoms with Gasteiger partial charge in [-0.3, -0.25) is 9.69 Å². The number of hydrogen-bond donors (Lipinski definition) is 2. The fourth-order valence-corrected chi connectivity index (χ4v) is 4.80. The Morgan fingerprint density at radius 2 is 1.75 bits per heavy atom. The first-order valence-electron chi connectivity index (χ1n) is 9.19. The van der Waals surface area contributed by atoms with E-state index in [1.54, 1.807) is 0 Å². The summed E-state index contributed by atoms with van der Waals surface area (Å²) in [4.78, 5) is 14.8. The molecule has 1 aliphatic carbocycles. The van der Waals surface area contributed by atoms with Gasteiger partial charge in [0.2, 0.25) is 15.9 Å². The van der Waals surface area contributed by atoms with Crippen molar-refractivity contribution in [3.63, 3.8) is 0 Å². The van der Waals surface area contributed by atoms with Gasteiger partial charge in [-0.25, -0.2) is 13.1 Å². The summed E-state index contributed by atoms with van der Waals surface area (Å²) in [6, 6.07) is 0.118. The molecule has 1 heterocycles. The van der Waals surface area contributed by atoms with Crippen molar-refractivity contribution in [1.29, 1.82) is 0 Å². The number of carbonyl (C=O) groups excluding carboxylic acids is 1. The third-order valence-electron chi connectivity index (χ3n) is 5.87. The van der Waals surface area contributed by atoms with Gasteiger partial charge in [-0.15, -0.1) is 0 Å². The fraction of sp³-hybridized carbons (Fsp3) is 0.941. The number of sulfonamides is 1. The van der Waals surface area contributed by atoms with Crippen molar-refractivity contribution < 1.29 is 13.2 Å². The van der Waals surface area contributed by atoms with Crippen LogP contribution in [0.2, 0.25) is 0 Å². The van der Waals surface area contributed by atoms with E-state index in [0.717, 1.165) is 32.4 Å². The van der Waals surface area contributed by atoms with Crippen LogP contribution in [-0.2, 0) is 14.8 Å². The number of likely N-dealkylation sites (tertiary alicyclic amines) is 1. The quantitative estimate of drug-likeness (QED) is 0.776. The van der Waals surface area contributed by atoms with Crippen LogP contribution < -0.4 is 10.0 Å². The predicted molar refractivity (Wildman–Crippen MR) is 96.1 cm³/mol. The topological polar surface area (TPSA) is 78.5 Å². The first-order valence-corrected chi connectivity index (χ1v) is 11.1. The van der Waals surface area contributed by atoms with Gasteiger partial charge < -0.3 is 5.32 Å². The largest absolute Gasteiger partial charge is 0.352 e. The highest BCUT2D eigenvalue weighted by Gasteiger charge is 2.32. The zero-order valence-electron chi connectivity index (χ0n) is 15.4. The molecule has 0 radical (unpaired) electrons. The third kappa shape index (κ3) is 5.43. The van der Waals surface area contributed by atoms with E-state index in [0.29, 0.717) is 11.8 Å². The molecule has 2 N–H and O–H groups in total. The summed E-state index contributed by atoms with van der Waals surface area (Å²) in [5, 5.41) is 3.25. The van der Waals surface area contributed by atoms with Crippen LogP contribution in [0.4, 0.5) is 0 Å². The number of rotatable bonds is 5. The summed E-state index contributed by atoms with van der Waals surface area (Å²) in [6.07, 6.45) is 6.21. The molecule has 140 valence electrons. The molecule has 4 unspecified atom stereocenters. The predicted octanol–water partition coefficient (Wildman–Crippen LogP) is 1.33. The van der Waals surface area contributed by atoms with Gasteiger partial charge in [0, 0.05) is 25.2 Å². The molecule has 24 heavy (non-hydrogen) atoms. The lowest BCUT2D eigenvalue weighted by atomic mass is 9.78. The number of carbonyl (C=O) groups is 1. The summed E-state index contributed by atoms with van der Waals surface area (Å²) < 4.78 is 25.3. The van der Waals surface area contributed by atoms with Crippen LogP contribution >= 0.6 is 0 Å². The summed E-state index contributed by atoms with van der Waals surface area (Å²) in [5.74, 6) is 1.30. The minimum absolute atomic E-state index is 0.00859. The van der Waals surface area contributed by atoms with Gasteiger partial charge in [-0.1, -0.05) is 26.7 Å². The molecule has 2 aliphatic rings. The normalized spacial score (nSPS) is 31.6. The van der Waals surface area contributed by atoms with Crippen molar-refractivity contribution in [2.24, 2.45) is 11.8 Å². The average Bonchev–Trinajstić information content (AvgIpc) is 2.50. The van der Waals surface area contributed by atoms with Crippen LogP contribution in [0.3, 0.4) is 0 Å². The Labute approximate surface area is 146 Å². The molecule has 1 amide bonds. The smallest absolute Gasteiger partial charge is 0.237 e. The van der Waals surface area contributed by atoms with E-state index in [2.05, 4.69) is 28.8 Å². The van der Waals surface area contributed by atoms with Crippen LogP contribution in [0.1, 0.15) is 52.9 Å². The van der Waals surface area contributed by atoms with Gasteiger partial charge in [0.1, 0.15) is 0 Å². The maximum atomic E-state index is 12.6. The molecule has 0 bridgehead atoms. The van der Waals surface area contributed by atoms with E-state index in [4.69, 9.17) is 0 Å². The minimum atomic E-state index is -3.16. The Morgan fingerprint density at radius 3 is 2.33 bits per heavy atom. The second-order valence-corrected chi connectivity index (χ2v) is 9.54. The lowest BCUT2D eigenvalue weighted by Crippen LogP contribution is -2.54. The monoisotopic (exact) mass is 359 g/mol. The second-order valence-electron chi connectivity index (χ2n) is 7.76. The summed E-state index contributed by atoms with van der Waals surface area (Å²) in [5.41, 5.74) is 0. The molecule has 1 saturated carbocycles. The van der Waals surface area contributed by atoms with Crippen LogP contribution in [0, 0.1) is 11.8 Å². The van der Waals surface area contributed by atoms with E-state index in [1.165, 1.54) is 19.1 Å². The first kappa shape index (κ1) is 19.7. The van der Waals surface area contributed by atoms with Crippen molar-refractivity contribution in [3.05, 3.63) is 0 Å². The molecule has 2 rings (SSSR count). The Bertz CT molecular complexity index is 529. The first-order chi connectivity index (χ1) is 11.2.